The molecule has 2 rings (SSSR count). The molecule has 1 amide bonds. The van der Waals surface area contributed by atoms with Crippen LogP contribution in [0.5, 0.6) is 0 Å². The summed E-state index contributed by atoms with van der Waals surface area (Å²) in [5.41, 5.74) is 2.03. The van der Waals surface area contributed by atoms with Crippen LogP contribution in [-0.2, 0) is 4.74 Å². The number of anilines is 1. The SMILES string of the molecule is Cc1cccc(N2CC[C@@H](NC(=O)OC(C)(C)C)C2)c1. The van der Waals surface area contributed by atoms with E-state index in [1.54, 1.807) is 0 Å². The van der Waals surface area contributed by atoms with Gasteiger partial charge in [0.25, 0.3) is 0 Å². The van der Waals surface area contributed by atoms with E-state index in [1.807, 2.05) is 20.8 Å². The van der Waals surface area contributed by atoms with Gasteiger partial charge >= 0.3 is 6.09 Å². The number of hydrogen-bond acceptors (Lipinski definition) is 3. The summed E-state index contributed by atoms with van der Waals surface area (Å²) in [4.78, 5) is 14.1. The molecule has 4 heteroatoms. The van der Waals surface area contributed by atoms with Crippen LogP contribution in [0.3, 0.4) is 0 Å². The molecule has 0 spiro atoms. The number of rotatable bonds is 2. The van der Waals surface area contributed by atoms with Crippen molar-refractivity contribution in [3.8, 4) is 0 Å². The number of carbonyl (C=O) groups excluding carboxylic acids is 1. The zero-order chi connectivity index (χ0) is 14.8. The zero-order valence-corrected chi connectivity index (χ0v) is 12.8. The van der Waals surface area contributed by atoms with Crippen molar-refractivity contribution in [2.45, 2.75) is 45.8 Å². The molecule has 1 aromatic carbocycles. The molecule has 0 saturated carbocycles. The Bertz CT molecular complexity index is 480. The molecule has 1 aliphatic heterocycles. The number of aryl methyl sites for hydroxylation is 1. The molecule has 0 bridgehead atoms. The van der Waals surface area contributed by atoms with E-state index in [1.165, 1.54) is 11.3 Å². The smallest absolute Gasteiger partial charge is 0.407 e. The van der Waals surface area contributed by atoms with Crippen LogP contribution in [0.15, 0.2) is 24.3 Å². The first kappa shape index (κ1) is 14.7. The fourth-order valence-corrected chi connectivity index (χ4v) is 2.41. The third-order valence-electron chi connectivity index (χ3n) is 3.28. The molecule has 0 radical (unpaired) electrons. The molecule has 1 saturated heterocycles. The molecule has 110 valence electrons. The highest BCUT2D eigenvalue weighted by molar-refractivity contribution is 5.68. The van der Waals surface area contributed by atoms with Crippen LogP contribution >= 0.6 is 0 Å². The summed E-state index contributed by atoms with van der Waals surface area (Å²) < 4.78 is 5.29. The maximum atomic E-state index is 11.8. The van der Waals surface area contributed by atoms with Crippen LogP contribution in [0.25, 0.3) is 0 Å². The average molecular weight is 276 g/mol. The van der Waals surface area contributed by atoms with E-state index in [9.17, 15) is 4.79 Å². The van der Waals surface area contributed by atoms with Crippen molar-refractivity contribution in [3.63, 3.8) is 0 Å². The molecule has 1 N–H and O–H groups in total. The summed E-state index contributed by atoms with van der Waals surface area (Å²) in [7, 11) is 0. The molecule has 1 aliphatic rings. The average Bonchev–Trinajstić information content (AvgIpc) is 2.74. The van der Waals surface area contributed by atoms with Crippen LogP contribution in [0, 0.1) is 6.92 Å². The van der Waals surface area contributed by atoms with Crippen LogP contribution in [-0.4, -0.2) is 30.8 Å². The van der Waals surface area contributed by atoms with E-state index in [4.69, 9.17) is 4.74 Å². The van der Waals surface area contributed by atoms with Gasteiger partial charge in [0.2, 0.25) is 0 Å². The van der Waals surface area contributed by atoms with Crippen molar-refractivity contribution in [3.05, 3.63) is 29.8 Å². The van der Waals surface area contributed by atoms with Gasteiger partial charge in [-0.25, -0.2) is 4.79 Å². The Hall–Kier alpha value is -1.71. The predicted octanol–water partition coefficient (Wildman–Crippen LogP) is 3.10. The topological polar surface area (TPSA) is 41.6 Å². The van der Waals surface area contributed by atoms with E-state index in [0.717, 1.165) is 19.5 Å². The van der Waals surface area contributed by atoms with Gasteiger partial charge in [-0.05, 0) is 51.8 Å². The number of hydrogen-bond donors (Lipinski definition) is 1. The van der Waals surface area contributed by atoms with Crippen molar-refractivity contribution in [1.29, 1.82) is 0 Å². The summed E-state index contributed by atoms with van der Waals surface area (Å²) in [5.74, 6) is 0. The van der Waals surface area contributed by atoms with Crippen molar-refractivity contribution in [2.24, 2.45) is 0 Å². The first-order chi connectivity index (χ1) is 9.33. The van der Waals surface area contributed by atoms with E-state index in [0.29, 0.717) is 0 Å². The molecule has 20 heavy (non-hydrogen) atoms. The molecule has 1 fully saturated rings. The number of benzene rings is 1. The fraction of sp³-hybridized carbons (Fsp3) is 0.562. The van der Waals surface area contributed by atoms with Crippen LogP contribution in [0.2, 0.25) is 0 Å². The second-order valence-electron chi connectivity index (χ2n) is 6.42. The van der Waals surface area contributed by atoms with Crippen molar-refractivity contribution in [2.75, 3.05) is 18.0 Å². The number of alkyl carbamates (subject to hydrolysis) is 1. The highest BCUT2D eigenvalue weighted by Gasteiger charge is 2.26. The molecular weight excluding hydrogens is 252 g/mol. The molecule has 0 unspecified atom stereocenters. The second kappa shape index (κ2) is 5.73. The maximum Gasteiger partial charge on any atom is 0.407 e. The zero-order valence-electron chi connectivity index (χ0n) is 12.8. The number of nitrogens with zero attached hydrogens (tertiary/aromatic N) is 1. The van der Waals surface area contributed by atoms with Gasteiger partial charge in [-0.15, -0.1) is 0 Å². The lowest BCUT2D eigenvalue weighted by atomic mass is 10.2. The Morgan fingerprint density at radius 2 is 2.15 bits per heavy atom. The third-order valence-corrected chi connectivity index (χ3v) is 3.28. The van der Waals surface area contributed by atoms with E-state index in [-0.39, 0.29) is 12.1 Å². The van der Waals surface area contributed by atoms with Crippen LogP contribution in [0.4, 0.5) is 10.5 Å². The number of amides is 1. The lowest BCUT2D eigenvalue weighted by Crippen LogP contribution is -2.40. The van der Waals surface area contributed by atoms with Gasteiger partial charge in [-0.2, -0.15) is 0 Å². The lowest BCUT2D eigenvalue weighted by molar-refractivity contribution is 0.0509. The fourth-order valence-electron chi connectivity index (χ4n) is 2.41. The molecule has 0 aromatic heterocycles. The maximum absolute atomic E-state index is 11.8. The minimum Gasteiger partial charge on any atom is -0.444 e. The predicted molar refractivity (Wildman–Crippen MR) is 81.2 cm³/mol. The van der Waals surface area contributed by atoms with Gasteiger partial charge in [-0.1, -0.05) is 12.1 Å². The summed E-state index contributed by atoms with van der Waals surface area (Å²) in [5, 5.41) is 2.95. The number of nitrogens with one attached hydrogen (secondary N) is 1. The molecule has 1 aromatic rings. The quantitative estimate of drug-likeness (QED) is 0.902. The minimum atomic E-state index is -0.446. The van der Waals surface area contributed by atoms with Gasteiger partial charge in [0.15, 0.2) is 0 Å². The minimum absolute atomic E-state index is 0.158. The first-order valence-electron chi connectivity index (χ1n) is 7.14. The van der Waals surface area contributed by atoms with E-state index >= 15 is 0 Å². The summed E-state index contributed by atoms with van der Waals surface area (Å²) in [6.45, 7) is 9.52. The summed E-state index contributed by atoms with van der Waals surface area (Å²) >= 11 is 0. The van der Waals surface area contributed by atoms with Crippen molar-refractivity contribution >= 4 is 11.8 Å². The van der Waals surface area contributed by atoms with Gasteiger partial charge in [-0.3, -0.25) is 0 Å². The van der Waals surface area contributed by atoms with Crippen molar-refractivity contribution in [1.82, 2.24) is 5.32 Å². The van der Waals surface area contributed by atoms with Crippen LogP contribution in [0.1, 0.15) is 32.8 Å². The normalized spacial score (nSPS) is 19.0. The van der Waals surface area contributed by atoms with Gasteiger partial charge in [0, 0.05) is 18.8 Å². The van der Waals surface area contributed by atoms with Gasteiger partial charge in [0.1, 0.15) is 5.60 Å². The highest BCUT2D eigenvalue weighted by atomic mass is 16.6. The summed E-state index contributed by atoms with van der Waals surface area (Å²) in [6, 6.07) is 8.61. The Morgan fingerprint density at radius 1 is 1.40 bits per heavy atom. The monoisotopic (exact) mass is 276 g/mol. The van der Waals surface area contributed by atoms with Gasteiger partial charge < -0.3 is 15.0 Å². The van der Waals surface area contributed by atoms with Gasteiger partial charge in [0.05, 0.1) is 6.04 Å². The standard InChI is InChI=1S/C16H24N2O2/c1-12-6-5-7-14(10-12)18-9-8-13(11-18)17-15(19)20-16(2,3)4/h5-7,10,13H,8-9,11H2,1-4H3,(H,17,19)/t13-/m1/s1. The van der Waals surface area contributed by atoms with E-state index < -0.39 is 5.60 Å². The Balaban J connectivity index is 1.88. The third kappa shape index (κ3) is 4.15. The number of ether oxygens (including phenoxy) is 1. The molecule has 1 heterocycles. The second-order valence-corrected chi connectivity index (χ2v) is 6.42. The van der Waals surface area contributed by atoms with E-state index in [2.05, 4.69) is 41.4 Å². The molecule has 4 nitrogen and oxygen atoms in total. The largest absolute Gasteiger partial charge is 0.444 e. The summed E-state index contributed by atoms with van der Waals surface area (Å²) in [6.07, 6.45) is 0.626. The Labute approximate surface area is 121 Å². The number of carbonyl (C=O) groups is 1. The Kier molecular flexibility index (Phi) is 4.21. The van der Waals surface area contributed by atoms with Crippen molar-refractivity contribution < 1.29 is 9.53 Å². The van der Waals surface area contributed by atoms with Crippen LogP contribution < -0.4 is 10.2 Å². The Morgan fingerprint density at radius 3 is 2.80 bits per heavy atom. The molecule has 1 atom stereocenters. The molecular formula is C16H24N2O2. The highest BCUT2D eigenvalue weighted by Crippen LogP contribution is 2.21. The first-order valence-corrected chi connectivity index (χ1v) is 7.14. The lowest BCUT2D eigenvalue weighted by Gasteiger charge is -2.22. The molecule has 0 aliphatic carbocycles.